The SMILES string of the molecule is Cc1cc(Nc2nc(Nc3cc(C)c([C@H]4CC[C@@H](N5CCN(C)CC5)CC4)cc3F)ncc2Cl)n[nH]1. The number of aromatic amines is 1. The fourth-order valence-corrected chi connectivity index (χ4v) is 5.55. The molecule has 3 heterocycles. The molecule has 5 rings (SSSR count). The van der Waals surface area contributed by atoms with E-state index in [0.717, 1.165) is 55.8 Å². The first-order chi connectivity index (χ1) is 17.4. The largest absolute Gasteiger partial charge is 0.322 e. The number of rotatable bonds is 6. The number of likely N-dealkylation sites (N-methyl/N-ethyl adjacent to an activating group) is 1. The second kappa shape index (κ2) is 10.7. The van der Waals surface area contributed by atoms with E-state index in [-0.39, 0.29) is 11.8 Å². The summed E-state index contributed by atoms with van der Waals surface area (Å²) in [5, 5.41) is 13.4. The molecule has 0 spiro atoms. The number of anilines is 4. The first-order valence-corrected chi connectivity index (χ1v) is 13.0. The molecule has 2 fully saturated rings. The van der Waals surface area contributed by atoms with E-state index in [1.54, 1.807) is 6.07 Å². The molecule has 1 aliphatic heterocycles. The summed E-state index contributed by atoms with van der Waals surface area (Å²) in [5.41, 5.74) is 3.46. The zero-order valence-corrected chi connectivity index (χ0v) is 21.9. The highest BCUT2D eigenvalue weighted by Gasteiger charge is 2.29. The number of hydrogen-bond donors (Lipinski definition) is 3. The Morgan fingerprint density at radius 2 is 1.78 bits per heavy atom. The van der Waals surface area contributed by atoms with Gasteiger partial charge in [-0.05, 0) is 75.8 Å². The summed E-state index contributed by atoms with van der Waals surface area (Å²) in [6.45, 7) is 8.58. The van der Waals surface area contributed by atoms with Crippen LogP contribution >= 0.6 is 11.6 Å². The molecule has 2 aliphatic rings. The van der Waals surface area contributed by atoms with E-state index in [1.807, 2.05) is 19.1 Å². The minimum Gasteiger partial charge on any atom is -0.322 e. The quantitative estimate of drug-likeness (QED) is 0.409. The third kappa shape index (κ3) is 5.63. The van der Waals surface area contributed by atoms with Crippen LogP contribution in [-0.4, -0.2) is 69.2 Å². The smallest absolute Gasteiger partial charge is 0.229 e. The Balaban J connectivity index is 1.25. The molecule has 1 saturated carbocycles. The molecule has 0 bridgehead atoms. The average Bonchev–Trinajstić information content (AvgIpc) is 3.28. The van der Waals surface area contributed by atoms with E-state index in [0.29, 0.717) is 34.3 Å². The molecule has 0 atom stereocenters. The van der Waals surface area contributed by atoms with Crippen molar-refractivity contribution in [2.24, 2.45) is 0 Å². The van der Waals surface area contributed by atoms with E-state index < -0.39 is 0 Å². The predicted octanol–water partition coefficient (Wildman–Crippen LogP) is 5.37. The molecule has 3 N–H and O–H groups in total. The monoisotopic (exact) mass is 512 g/mol. The Kier molecular flexibility index (Phi) is 7.41. The predicted molar refractivity (Wildman–Crippen MR) is 142 cm³/mol. The molecule has 2 aromatic heterocycles. The minimum atomic E-state index is -0.298. The van der Waals surface area contributed by atoms with Gasteiger partial charge in [-0.1, -0.05) is 11.6 Å². The van der Waals surface area contributed by atoms with E-state index >= 15 is 4.39 Å². The molecule has 192 valence electrons. The summed E-state index contributed by atoms with van der Waals surface area (Å²) < 4.78 is 15.2. The first-order valence-electron chi connectivity index (χ1n) is 12.7. The first kappa shape index (κ1) is 24.9. The van der Waals surface area contributed by atoms with Crippen LogP contribution in [0.15, 0.2) is 24.4 Å². The van der Waals surface area contributed by atoms with Crippen molar-refractivity contribution < 1.29 is 4.39 Å². The van der Waals surface area contributed by atoms with Gasteiger partial charge in [0.1, 0.15) is 10.8 Å². The van der Waals surface area contributed by atoms with Gasteiger partial charge in [-0.25, -0.2) is 9.37 Å². The number of aromatic nitrogens is 4. The second-order valence-electron chi connectivity index (χ2n) is 10.1. The molecule has 10 heteroatoms. The van der Waals surface area contributed by atoms with Crippen LogP contribution in [0.3, 0.4) is 0 Å². The summed E-state index contributed by atoms with van der Waals surface area (Å²) >= 11 is 6.25. The van der Waals surface area contributed by atoms with Gasteiger partial charge in [0.2, 0.25) is 5.95 Å². The van der Waals surface area contributed by atoms with Crippen LogP contribution in [0.4, 0.5) is 27.7 Å². The lowest BCUT2D eigenvalue weighted by atomic mass is 9.79. The molecule has 1 saturated heterocycles. The topological polar surface area (TPSA) is 85.0 Å². The van der Waals surface area contributed by atoms with Crippen molar-refractivity contribution in [3.63, 3.8) is 0 Å². The van der Waals surface area contributed by atoms with Crippen LogP contribution < -0.4 is 10.6 Å². The van der Waals surface area contributed by atoms with Gasteiger partial charge < -0.3 is 15.5 Å². The Morgan fingerprint density at radius 3 is 2.47 bits per heavy atom. The van der Waals surface area contributed by atoms with Gasteiger partial charge in [-0.2, -0.15) is 10.1 Å². The van der Waals surface area contributed by atoms with E-state index in [4.69, 9.17) is 11.6 Å². The second-order valence-corrected chi connectivity index (χ2v) is 10.5. The zero-order chi connectivity index (χ0) is 25.2. The molecular formula is C26H34ClFN8. The van der Waals surface area contributed by atoms with Crippen LogP contribution in [0, 0.1) is 19.7 Å². The van der Waals surface area contributed by atoms with Crippen LogP contribution in [0.1, 0.15) is 48.4 Å². The Hall–Kier alpha value is -2.75. The summed E-state index contributed by atoms with van der Waals surface area (Å²) in [6, 6.07) is 6.06. The summed E-state index contributed by atoms with van der Waals surface area (Å²) in [5.74, 6) is 1.34. The number of nitrogens with one attached hydrogen (secondary N) is 3. The highest BCUT2D eigenvalue weighted by atomic mass is 35.5. The van der Waals surface area contributed by atoms with Crippen LogP contribution in [0.5, 0.6) is 0 Å². The van der Waals surface area contributed by atoms with Gasteiger partial charge >= 0.3 is 0 Å². The third-order valence-corrected chi connectivity index (χ3v) is 7.77. The zero-order valence-electron chi connectivity index (χ0n) is 21.1. The molecule has 0 radical (unpaired) electrons. The fraction of sp³-hybridized carbons (Fsp3) is 0.500. The van der Waals surface area contributed by atoms with Gasteiger partial charge in [0.15, 0.2) is 11.6 Å². The standard InChI is InChI=1S/C26H34ClFN8/c1-16-12-23(30-26-29-15-21(27)25(32-26)31-24-13-17(2)33-34-24)22(28)14-20(16)18-4-6-19(7-5-18)36-10-8-35(3)9-11-36/h12-15,18-19H,4-11H2,1-3H3,(H3,29,30,31,32,33,34)/t18-,19+. The minimum absolute atomic E-state index is 0.257. The average molecular weight is 513 g/mol. The van der Waals surface area contributed by atoms with Crippen molar-refractivity contribution >= 4 is 34.9 Å². The van der Waals surface area contributed by atoms with Crippen molar-refractivity contribution in [2.75, 3.05) is 43.9 Å². The maximum Gasteiger partial charge on any atom is 0.229 e. The van der Waals surface area contributed by atoms with E-state index in [2.05, 4.69) is 54.6 Å². The third-order valence-electron chi connectivity index (χ3n) is 7.49. The molecule has 0 amide bonds. The number of H-pyrrole nitrogens is 1. The van der Waals surface area contributed by atoms with Crippen molar-refractivity contribution in [3.05, 3.63) is 52.1 Å². The molecule has 3 aromatic rings. The molecule has 1 aromatic carbocycles. The fourth-order valence-electron chi connectivity index (χ4n) is 5.41. The van der Waals surface area contributed by atoms with Gasteiger partial charge in [0, 0.05) is 44.0 Å². The summed E-state index contributed by atoms with van der Waals surface area (Å²) in [4.78, 5) is 13.7. The Labute approximate surface area is 216 Å². The molecule has 36 heavy (non-hydrogen) atoms. The molecule has 0 unspecified atom stereocenters. The molecule has 1 aliphatic carbocycles. The number of benzene rings is 1. The Bertz CT molecular complexity index is 1200. The van der Waals surface area contributed by atoms with Crippen molar-refractivity contribution in [2.45, 2.75) is 51.5 Å². The highest BCUT2D eigenvalue weighted by Crippen LogP contribution is 2.38. The van der Waals surface area contributed by atoms with E-state index in [1.165, 1.54) is 19.0 Å². The maximum absolute atomic E-state index is 15.2. The van der Waals surface area contributed by atoms with Crippen LogP contribution in [0.2, 0.25) is 5.02 Å². The number of nitrogens with zero attached hydrogens (tertiary/aromatic N) is 5. The van der Waals surface area contributed by atoms with Gasteiger partial charge in [-0.15, -0.1) is 0 Å². The lowest BCUT2D eigenvalue weighted by Crippen LogP contribution is -2.49. The number of aryl methyl sites for hydroxylation is 2. The summed E-state index contributed by atoms with van der Waals surface area (Å²) in [6.07, 6.45) is 6.05. The lowest BCUT2D eigenvalue weighted by Gasteiger charge is -2.41. The highest BCUT2D eigenvalue weighted by molar-refractivity contribution is 6.32. The normalized spacial score (nSPS) is 21.5. The van der Waals surface area contributed by atoms with Crippen molar-refractivity contribution in [1.82, 2.24) is 30.0 Å². The van der Waals surface area contributed by atoms with Gasteiger partial charge in [0.25, 0.3) is 0 Å². The van der Waals surface area contributed by atoms with Gasteiger partial charge in [-0.3, -0.25) is 10.00 Å². The number of hydrogen-bond acceptors (Lipinski definition) is 7. The van der Waals surface area contributed by atoms with Crippen LogP contribution in [0.25, 0.3) is 0 Å². The lowest BCUT2D eigenvalue weighted by molar-refractivity contribution is 0.0878. The summed E-state index contributed by atoms with van der Waals surface area (Å²) in [7, 11) is 2.20. The number of piperazine rings is 1. The molecular weight excluding hydrogens is 479 g/mol. The Morgan fingerprint density at radius 1 is 1.03 bits per heavy atom. The number of halogens is 2. The van der Waals surface area contributed by atoms with Crippen LogP contribution in [-0.2, 0) is 0 Å². The van der Waals surface area contributed by atoms with Crippen molar-refractivity contribution in [3.8, 4) is 0 Å². The van der Waals surface area contributed by atoms with Crippen molar-refractivity contribution in [1.29, 1.82) is 0 Å². The van der Waals surface area contributed by atoms with E-state index in [9.17, 15) is 0 Å². The molecule has 8 nitrogen and oxygen atoms in total. The maximum atomic E-state index is 15.2. The van der Waals surface area contributed by atoms with Gasteiger partial charge in [0.05, 0.1) is 11.9 Å².